The predicted molar refractivity (Wildman–Crippen MR) is 123 cm³/mol. The second-order valence-corrected chi connectivity index (χ2v) is 8.33. The van der Waals surface area contributed by atoms with Gasteiger partial charge in [-0.05, 0) is 48.9 Å². The highest BCUT2D eigenvalue weighted by molar-refractivity contribution is 9.10. The number of ether oxygens (including phenoxy) is 1. The van der Waals surface area contributed by atoms with Gasteiger partial charge in [-0.15, -0.1) is 0 Å². The molecule has 1 atom stereocenters. The molecule has 0 unspecified atom stereocenters. The molecule has 3 aromatic carbocycles. The maximum atomic E-state index is 13.1. The molecule has 2 N–H and O–H groups in total. The third-order valence-electron chi connectivity index (χ3n) is 5.11. The van der Waals surface area contributed by atoms with Crippen molar-refractivity contribution >= 4 is 39.5 Å². The second kappa shape index (κ2) is 8.84. The third-order valence-corrected chi connectivity index (χ3v) is 5.60. The fraction of sp³-hybridized carbons (Fsp3) is 0.125. The molecule has 4 rings (SSSR count). The first-order valence-electron chi connectivity index (χ1n) is 9.89. The van der Waals surface area contributed by atoms with Gasteiger partial charge in [-0.3, -0.25) is 14.5 Å². The molecule has 32 heavy (non-hydrogen) atoms. The van der Waals surface area contributed by atoms with Crippen molar-refractivity contribution in [3.63, 3.8) is 0 Å². The summed E-state index contributed by atoms with van der Waals surface area (Å²) in [5, 5.41) is 5.43. The van der Waals surface area contributed by atoms with Gasteiger partial charge in [-0.1, -0.05) is 58.4 Å². The Morgan fingerprint density at radius 1 is 1.03 bits per heavy atom. The van der Waals surface area contributed by atoms with Crippen molar-refractivity contribution < 1.29 is 19.1 Å². The minimum Gasteiger partial charge on any atom is -0.455 e. The molecule has 3 aromatic rings. The zero-order valence-electron chi connectivity index (χ0n) is 17.2. The van der Waals surface area contributed by atoms with Crippen molar-refractivity contribution in [1.29, 1.82) is 0 Å². The van der Waals surface area contributed by atoms with Gasteiger partial charge in [-0.25, -0.2) is 4.79 Å². The third kappa shape index (κ3) is 4.36. The van der Waals surface area contributed by atoms with E-state index in [4.69, 9.17) is 4.74 Å². The lowest BCUT2D eigenvalue weighted by Gasteiger charge is -2.22. The maximum absolute atomic E-state index is 13.1. The first kappa shape index (κ1) is 21.6. The maximum Gasteiger partial charge on any atom is 0.325 e. The van der Waals surface area contributed by atoms with Crippen LogP contribution in [0.2, 0.25) is 0 Å². The van der Waals surface area contributed by atoms with E-state index in [9.17, 15) is 14.4 Å². The summed E-state index contributed by atoms with van der Waals surface area (Å²) in [7, 11) is 0. The van der Waals surface area contributed by atoms with Crippen molar-refractivity contribution in [2.45, 2.75) is 12.5 Å². The standard InChI is InChI=1S/C24H20BrN3O4/c1-24(16-8-7-9-17(25)14-16)22(30)28(23(31)27-24)15-21(29)26-19-12-5-6-13-20(19)32-18-10-3-2-4-11-18/h2-14H,15H2,1H3,(H,26,29)(H,27,31)/t24-/m1/s1. The molecule has 0 aromatic heterocycles. The Morgan fingerprint density at radius 2 is 1.75 bits per heavy atom. The van der Waals surface area contributed by atoms with E-state index in [2.05, 4.69) is 26.6 Å². The van der Waals surface area contributed by atoms with Gasteiger partial charge in [0.1, 0.15) is 17.8 Å². The number of hydrogen-bond acceptors (Lipinski definition) is 4. The number of rotatable bonds is 6. The normalized spacial score (nSPS) is 17.8. The average molecular weight is 494 g/mol. The van der Waals surface area contributed by atoms with Crippen molar-refractivity contribution in [3.8, 4) is 11.5 Å². The molecule has 0 bridgehead atoms. The highest BCUT2D eigenvalue weighted by Crippen LogP contribution is 2.31. The topological polar surface area (TPSA) is 87.7 Å². The van der Waals surface area contributed by atoms with Crippen LogP contribution >= 0.6 is 15.9 Å². The summed E-state index contributed by atoms with van der Waals surface area (Å²) in [5.74, 6) is 0.0528. The fourth-order valence-electron chi connectivity index (χ4n) is 3.44. The first-order chi connectivity index (χ1) is 15.4. The SMILES string of the molecule is C[C@]1(c2cccc(Br)c2)NC(=O)N(CC(=O)Nc2ccccc2Oc2ccccc2)C1=O. The van der Waals surface area contributed by atoms with Crippen LogP contribution in [-0.2, 0) is 15.1 Å². The number of benzene rings is 3. The van der Waals surface area contributed by atoms with E-state index in [0.717, 1.165) is 9.37 Å². The van der Waals surface area contributed by atoms with Gasteiger partial charge >= 0.3 is 6.03 Å². The van der Waals surface area contributed by atoms with Crippen LogP contribution in [0.5, 0.6) is 11.5 Å². The van der Waals surface area contributed by atoms with Gasteiger partial charge in [0.25, 0.3) is 5.91 Å². The van der Waals surface area contributed by atoms with E-state index in [-0.39, 0.29) is 0 Å². The summed E-state index contributed by atoms with van der Waals surface area (Å²) >= 11 is 3.38. The van der Waals surface area contributed by atoms with E-state index >= 15 is 0 Å². The highest BCUT2D eigenvalue weighted by atomic mass is 79.9. The largest absolute Gasteiger partial charge is 0.455 e. The number of hydrogen-bond donors (Lipinski definition) is 2. The van der Waals surface area contributed by atoms with Crippen LogP contribution in [-0.4, -0.2) is 29.3 Å². The van der Waals surface area contributed by atoms with Crippen LogP contribution in [0.15, 0.2) is 83.3 Å². The van der Waals surface area contributed by atoms with Crippen LogP contribution in [0.4, 0.5) is 10.5 Å². The minimum absolute atomic E-state index is 0.423. The van der Waals surface area contributed by atoms with Crippen molar-refractivity contribution in [2.24, 2.45) is 0 Å². The smallest absolute Gasteiger partial charge is 0.325 e. The number of carbonyl (C=O) groups excluding carboxylic acids is 3. The van der Waals surface area contributed by atoms with Gasteiger partial charge in [0.15, 0.2) is 5.75 Å². The Balaban J connectivity index is 1.48. The molecule has 0 radical (unpaired) electrons. The predicted octanol–water partition coefficient (Wildman–Crippen LogP) is 4.65. The Bertz CT molecular complexity index is 1180. The summed E-state index contributed by atoms with van der Waals surface area (Å²) in [5.41, 5.74) is -0.201. The van der Waals surface area contributed by atoms with E-state index in [1.54, 1.807) is 61.5 Å². The average Bonchev–Trinajstić information content (AvgIpc) is 3.00. The van der Waals surface area contributed by atoms with Crippen LogP contribution in [0, 0.1) is 0 Å². The number of amides is 4. The number of nitrogens with zero attached hydrogens (tertiary/aromatic N) is 1. The van der Waals surface area contributed by atoms with Crippen LogP contribution in [0.3, 0.4) is 0 Å². The molecule has 1 heterocycles. The van der Waals surface area contributed by atoms with Crippen LogP contribution in [0.25, 0.3) is 0 Å². The summed E-state index contributed by atoms with van der Waals surface area (Å²) in [4.78, 5) is 39.2. The highest BCUT2D eigenvalue weighted by Gasteiger charge is 2.49. The van der Waals surface area contributed by atoms with Gasteiger partial charge < -0.3 is 15.4 Å². The second-order valence-electron chi connectivity index (χ2n) is 7.42. The summed E-state index contributed by atoms with van der Waals surface area (Å²) in [6, 6.07) is 22.6. The molecule has 1 fully saturated rings. The Morgan fingerprint density at radius 3 is 2.50 bits per heavy atom. The molecule has 8 heteroatoms. The van der Waals surface area contributed by atoms with Crippen LogP contribution < -0.4 is 15.4 Å². The zero-order valence-corrected chi connectivity index (χ0v) is 18.8. The molecule has 0 spiro atoms. The molecule has 0 aliphatic carbocycles. The van der Waals surface area contributed by atoms with E-state index < -0.39 is 29.9 Å². The van der Waals surface area contributed by atoms with E-state index in [0.29, 0.717) is 22.7 Å². The quantitative estimate of drug-likeness (QED) is 0.489. The molecule has 162 valence electrons. The number of anilines is 1. The van der Waals surface area contributed by atoms with Crippen molar-refractivity contribution in [1.82, 2.24) is 10.2 Å². The Labute approximate surface area is 193 Å². The number of carbonyl (C=O) groups is 3. The number of urea groups is 1. The fourth-order valence-corrected chi connectivity index (χ4v) is 3.84. The molecular weight excluding hydrogens is 474 g/mol. The number of para-hydroxylation sites is 3. The number of nitrogens with one attached hydrogen (secondary N) is 2. The monoisotopic (exact) mass is 493 g/mol. The Hall–Kier alpha value is -3.65. The minimum atomic E-state index is -1.25. The van der Waals surface area contributed by atoms with Crippen LogP contribution in [0.1, 0.15) is 12.5 Å². The first-order valence-corrected chi connectivity index (χ1v) is 10.7. The van der Waals surface area contributed by atoms with Gasteiger partial charge in [0.2, 0.25) is 5.91 Å². The zero-order chi connectivity index (χ0) is 22.7. The Kier molecular flexibility index (Phi) is 5.96. The van der Waals surface area contributed by atoms with Gasteiger partial charge in [0, 0.05) is 4.47 Å². The molecule has 1 saturated heterocycles. The molecule has 1 aliphatic rings. The molecule has 4 amide bonds. The van der Waals surface area contributed by atoms with E-state index in [1.165, 1.54) is 0 Å². The lowest BCUT2D eigenvalue weighted by atomic mass is 9.92. The molecular formula is C24H20BrN3O4. The van der Waals surface area contributed by atoms with E-state index in [1.807, 2.05) is 24.3 Å². The lowest BCUT2D eigenvalue weighted by Crippen LogP contribution is -2.42. The molecule has 7 nitrogen and oxygen atoms in total. The lowest BCUT2D eigenvalue weighted by molar-refractivity contribution is -0.133. The summed E-state index contributed by atoms with van der Waals surface area (Å²) in [6.07, 6.45) is 0. The molecule has 1 aliphatic heterocycles. The number of imide groups is 1. The summed E-state index contributed by atoms with van der Waals surface area (Å²) in [6.45, 7) is 1.20. The summed E-state index contributed by atoms with van der Waals surface area (Å²) < 4.78 is 6.63. The molecule has 0 saturated carbocycles. The van der Waals surface area contributed by atoms with Gasteiger partial charge in [-0.2, -0.15) is 0 Å². The van der Waals surface area contributed by atoms with Crippen molar-refractivity contribution in [2.75, 3.05) is 11.9 Å². The van der Waals surface area contributed by atoms with Crippen molar-refractivity contribution in [3.05, 3.63) is 88.9 Å². The number of halogens is 1. The van der Waals surface area contributed by atoms with Gasteiger partial charge in [0.05, 0.1) is 5.69 Å².